The van der Waals surface area contributed by atoms with Gasteiger partial charge in [-0.05, 0) is 19.1 Å². The predicted octanol–water partition coefficient (Wildman–Crippen LogP) is 1.51. The van der Waals surface area contributed by atoms with Crippen molar-refractivity contribution in [2.45, 2.75) is 19.3 Å². The van der Waals surface area contributed by atoms with Crippen molar-refractivity contribution >= 4 is 5.69 Å². The molecule has 5 nitrogen and oxygen atoms in total. The second-order valence-electron chi connectivity index (χ2n) is 3.33. The van der Waals surface area contributed by atoms with E-state index in [9.17, 15) is 0 Å². The maximum atomic E-state index is 5.16. The highest BCUT2D eigenvalue weighted by Crippen LogP contribution is 2.21. The number of aromatic nitrogens is 1. The molecule has 5 heteroatoms. The van der Waals surface area contributed by atoms with Gasteiger partial charge >= 0.3 is 0 Å². The van der Waals surface area contributed by atoms with Crippen LogP contribution in [0.3, 0.4) is 0 Å². The molecule has 1 heterocycles. The summed E-state index contributed by atoms with van der Waals surface area (Å²) in [5.41, 5.74) is 0.816. The molecular formula is C11H18N2O3. The van der Waals surface area contributed by atoms with Gasteiger partial charge < -0.3 is 19.5 Å². The minimum absolute atomic E-state index is 0.00639. The van der Waals surface area contributed by atoms with Crippen LogP contribution in [0.5, 0.6) is 5.88 Å². The van der Waals surface area contributed by atoms with Crippen molar-refractivity contribution < 1.29 is 14.2 Å². The van der Waals surface area contributed by atoms with Gasteiger partial charge in [-0.3, -0.25) is 0 Å². The summed E-state index contributed by atoms with van der Waals surface area (Å²) in [7, 11) is 4.79. The monoisotopic (exact) mass is 226 g/mol. The number of nitrogens with zero attached hydrogens (tertiary/aromatic N) is 1. The third-order valence-corrected chi connectivity index (χ3v) is 2.22. The molecule has 16 heavy (non-hydrogen) atoms. The zero-order valence-electron chi connectivity index (χ0n) is 10.1. The van der Waals surface area contributed by atoms with Crippen molar-refractivity contribution in [1.29, 1.82) is 0 Å². The topological polar surface area (TPSA) is 52.6 Å². The molecule has 1 aromatic heterocycles. The number of hydrogen-bond donors (Lipinski definition) is 1. The fourth-order valence-electron chi connectivity index (χ4n) is 1.48. The number of pyridine rings is 1. The zero-order valence-corrected chi connectivity index (χ0v) is 10.1. The minimum Gasteiger partial charge on any atom is -0.480 e. The summed E-state index contributed by atoms with van der Waals surface area (Å²) >= 11 is 0. The molecule has 0 fully saturated rings. The fraction of sp³-hybridized carbons (Fsp3) is 0.545. The van der Waals surface area contributed by atoms with E-state index >= 15 is 0 Å². The van der Waals surface area contributed by atoms with E-state index in [-0.39, 0.29) is 12.3 Å². The summed E-state index contributed by atoms with van der Waals surface area (Å²) in [5, 5.41) is 3.23. The number of rotatable bonds is 6. The summed E-state index contributed by atoms with van der Waals surface area (Å²) < 4.78 is 15.5. The van der Waals surface area contributed by atoms with Crippen LogP contribution in [0, 0.1) is 0 Å². The molecule has 0 bridgehead atoms. The lowest BCUT2D eigenvalue weighted by atomic mass is 10.3. The van der Waals surface area contributed by atoms with Gasteiger partial charge in [-0.2, -0.15) is 0 Å². The highest BCUT2D eigenvalue weighted by atomic mass is 16.7. The molecule has 0 saturated heterocycles. The molecule has 90 valence electrons. The highest BCUT2D eigenvalue weighted by molar-refractivity contribution is 5.52. The van der Waals surface area contributed by atoms with Gasteiger partial charge in [-0.1, -0.05) is 0 Å². The second kappa shape index (κ2) is 6.30. The summed E-state index contributed by atoms with van der Waals surface area (Å²) in [6, 6.07) is 3.73. The Hall–Kier alpha value is -1.33. The molecule has 0 aliphatic carbocycles. The summed E-state index contributed by atoms with van der Waals surface area (Å²) in [5.74, 6) is 0.556. The average molecular weight is 226 g/mol. The highest BCUT2D eigenvalue weighted by Gasteiger charge is 2.17. The Morgan fingerprint density at radius 2 is 1.94 bits per heavy atom. The molecule has 1 unspecified atom stereocenters. The Balaban J connectivity index is 2.71. The first-order chi connectivity index (χ1) is 7.72. The van der Waals surface area contributed by atoms with Crippen LogP contribution >= 0.6 is 0 Å². The Bertz CT molecular complexity index is 316. The number of ether oxygens (including phenoxy) is 3. The quantitative estimate of drug-likeness (QED) is 0.745. The first-order valence-electron chi connectivity index (χ1n) is 5.04. The Kier molecular flexibility index (Phi) is 5.01. The number of nitrogens with one attached hydrogen (secondary N) is 1. The molecular weight excluding hydrogens is 208 g/mol. The first kappa shape index (κ1) is 12.7. The number of methoxy groups -OCH3 is 3. The summed E-state index contributed by atoms with van der Waals surface area (Å²) in [6.45, 7) is 1.96. The van der Waals surface area contributed by atoms with E-state index < -0.39 is 0 Å². The van der Waals surface area contributed by atoms with Gasteiger partial charge in [0.25, 0.3) is 0 Å². The lowest BCUT2D eigenvalue weighted by Crippen LogP contribution is -2.33. The van der Waals surface area contributed by atoms with E-state index in [1.165, 1.54) is 0 Å². The van der Waals surface area contributed by atoms with E-state index in [1.54, 1.807) is 27.5 Å². The summed E-state index contributed by atoms with van der Waals surface area (Å²) in [4.78, 5) is 4.09. The maximum Gasteiger partial charge on any atom is 0.237 e. The first-order valence-corrected chi connectivity index (χ1v) is 5.04. The van der Waals surface area contributed by atoms with E-state index in [0.29, 0.717) is 5.88 Å². The fourth-order valence-corrected chi connectivity index (χ4v) is 1.48. The van der Waals surface area contributed by atoms with Gasteiger partial charge in [0, 0.05) is 20.4 Å². The van der Waals surface area contributed by atoms with Crippen LogP contribution in [0.1, 0.15) is 6.92 Å². The van der Waals surface area contributed by atoms with Gasteiger partial charge in [0.2, 0.25) is 5.88 Å². The predicted molar refractivity (Wildman–Crippen MR) is 61.7 cm³/mol. The standard InChI is InChI=1S/C11H18N2O3/c1-8(11(15-3)16-4)13-9-6-5-7-12-10(9)14-2/h5-8,11,13H,1-4H3. The number of hydrogen-bond acceptors (Lipinski definition) is 5. The SMILES string of the molecule is COc1ncccc1NC(C)C(OC)OC. The van der Waals surface area contributed by atoms with Crippen LogP contribution in [-0.4, -0.2) is 38.6 Å². The Labute approximate surface area is 95.7 Å². The molecule has 0 saturated carbocycles. The molecule has 1 N–H and O–H groups in total. The second-order valence-corrected chi connectivity index (χ2v) is 3.33. The van der Waals surface area contributed by atoms with Crippen molar-refractivity contribution in [2.75, 3.05) is 26.6 Å². The van der Waals surface area contributed by atoms with Gasteiger partial charge in [0.15, 0.2) is 6.29 Å². The summed E-state index contributed by atoms with van der Waals surface area (Å²) in [6.07, 6.45) is 1.36. The maximum absolute atomic E-state index is 5.16. The van der Waals surface area contributed by atoms with E-state index in [2.05, 4.69) is 10.3 Å². The molecule has 0 radical (unpaired) electrons. The van der Waals surface area contributed by atoms with Crippen LogP contribution in [0.4, 0.5) is 5.69 Å². The van der Waals surface area contributed by atoms with Crippen LogP contribution < -0.4 is 10.1 Å². The van der Waals surface area contributed by atoms with Gasteiger partial charge in [0.1, 0.15) is 0 Å². The molecule has 0 aliphatic heterocycles. The molecule has 0 aliphatic rings. The van der Waals surface area contributed by atoms with Gasteiger partial charge in [-0.25, -0.2) is 4.98 Å². The van der Waals surface area contributed by atoms with E-state index in [4.69, 9.17) is 14.2 Å². The Morgan fingerprint density at radius 1 is 1.25 bits per heavy atom. The van der Waals surface area contributed by atoms with E-state index in [1.807, 2.05) is 19.1 Å². The van der Waals surface area contributed by atoms with Crippen molar-refractivity contribution in [3.05, 3.63) is 18.3 Å². The van der Waals surface area contributed by atoms with Gasteiger partial charge in [0.05, 0.1) is 18.8 Å². The normalized spacial score (nSPS) is 12.6. The lowest BCUT2D eigenvalue weighted by Gasteiger charge is -2.23. The molecule has 0 spiro atoms. The lowest BCUT2D eigenvalue weighted by molar-refractivity contribution is -0.109. The molecule has 1 aromatic rings. The van der Waals surface area contributed by atoms with Gasteiger partial charge in [-0.15, -0.1) is 0 Å². The smallest absolute Gasteiger partial charge is 0.237 e. The molecule has 1 rings (SSSR count). The van der Waals surface area contributed by atoms with Crippen molar-refractivity contribution in [2.24, 2.45) is 0 Å². The van der Waals surface area contributed by atoms with Crippen molar-refractivity contribution in [1.82, 2.24) is 4.98 Å². The molecule has 1 atom stereocenters. The van der Waals surface area contributed by atoms with Crippen molar-refractivity contribution in [3.63, 3.8) is 0 Å². The van der Waals surface area contributed by atoms with Crippen LogP contribution in [0.25, 0.3) is 0 Å². The van der Waals surface area contributed by atoms with Crippen LogP contribution in [0.2, 0.25) is 0 Å². The third-order valence-electron chi connectivity index (χ3n) is 2.22. The van der Waals surface area contributed by atoms with Crippen LogP contribution in [-0.2, 0) is 9.47 Å². The van der Waals surface area contributed by atoms with Crippen molar-refractivity contribution in [3.8, 4) is 5.88 Å². The largest absolute Gasteiger partial charge is 0.480 e. The minimum atomic E-state index is -0.315. The molecule has 0 aromatic carbocycles. The molecule has 0 amide bonds. The van der Waals surface area contributed by atoms with Crippen LogP contribution in [0.15, 0.2) is 18.3 Å². The zero-order chi connectivity index (χ0) is 12.0. The third kappa shape index (κ3) is 3.08. The Morgan fingerprint density at radius 3 is 2.50 bits per heavy atom. The van der Waals surface area contributed by atoms with E-state index in [0.717, 1.165) is 5.69 Å². The average Bonchev–Trinajstić information content (AvgIpc) is 2.31. The number of anilines is 1.